The fraction of sp³-hybridized carbons (Fsp3) is 0.235. The van der Waals surface area contributed by atoms with Gasteiger partial charge in [0, 0.05) is 13.6 Å². The first kappa shape index (κ1) is 15.7. The van der Waals surface area contributed by atoms with Crippen LogP contribution in [0.3, 0.4) is 0 Å². The molecule has 0 aliphatic carbocycles. The summed E-state index contributed by atoms with van der Waals surface area (Å²) in [6.07, 6.45) is 2.63. The zero-order valence-electron chi connectivity index (χ0n) is 13.2. The largest absolute Gasteiger partial charge is 0.334 e. The van der Waals surface area contributed by atoms with Gasteiger partial charge in [-0.15, -0.1) is 0 Å². The van der Waals surface area contributed by atoms with Crippen LogP contribution in [0.5, 0.6) is 0 Å². The number of aryl methyl sites for hydroxylation is 2. The van der Waals surface area contributed by atoms with Gasteiger partial charge in [-0.25, -0.2) is 18.1 Å². The highest BCUT2D eigenvalue weighted by atomic mass is 32.2. The number of rotatable bonds is 5. The van der Waals surface area contributed by atoms with Crippen LogP contribution in [0.2, 0.25) is 0 Å². The van der Waals surface area contributed by atoms with E-state index in [1.165, 1.54) is 0 Å². The summed E-state index contributed by atoms with van der Waals surface area (Å²) in [5.74, 6) is 0. The number of fused-ring (bicyclic) bond motifs is 1. The summed E-state index contributed by atoms with van der Waals surface area (Å²) < 4.78 is 29.3. The second-order valence-corrected chi connectivity index (χ2v) is 7.27. The van der Waals surface area contributed by atoms with Gasteiger partial charge in [0.1, 0.15) is 0 Å². The predicted octanol–water partition coefficient (Wildman–Crippen LogP) is 2.61. The molecule has 5 nitrogen and oxygen atoms in total. The molecule has 120 valence electrons. The molecule has 0 saturated heterocycles. The predicted molar refractivity (Wildman–Crippen MR) is 90.6 cm³/mol. The number of sulfonamides is 1. The van der Waals surface area contributed by atoms with Crippen molar-refractivity contribution < 1.29 is 8.42 Å². The number of nitrogens with zero attached hydrogens (tertiary/aromatic N) is 2. The van der Waals surface area contributed by atoms with Gasteiger partial charge in [0.25, 0.3) is 0 Å². The monoisotopic (exact) mass is 329 g/mol. The Morgan fingerprint density at radius 1 is 1.09 bits per heavy atom. The van der Waals surface area contributed by atoms with Crippen LogP contribution >= 0.6 is 0 Å². The highest BCUT2D eigenvalue weighted by Crippen LogP contribution is 2.15. The molecular weight excluding hydrogens is 310 g/mol. The van der Waals surface area contributed by atoms with E-state index in [0.717, 1.165) is 28.6 Å². The summed E-state index contributed by atoms with van der Waals surface area (Å²) >= 11 is 0. The molecule has 0 radical (unpaired) electrons. The van der Waals surface area contributed by atoms with Gasteiger partial charge in [0.05, 0.1) is 22.3 Å². The van der Waals surface area contributed by atoms with E-state index in [0.29, 0.717) is 0 Å². The normalized spacial score (nSPS) is 11.9. The third-order valence-corrected chi connectivity index (χ3v) is 5.32. The van der Waals surface area contributed by atoms with Crippen molar-refractivity contribution in [3.05, 3.63) is 59.9 Å². The Bertz CT molecular complexity index is 928. The Balaban J connectivity index is 1.76. The second kappa shape index (κ2) is 6.14. The summed E-state index contributed by atoms with van der Waals surface area (Å²) in [4.78, 5) is 4.57. The number of nitrogens with one attached hydrogen (secondary N) is 1. The Labute approximate surface area is 136 Å². The van der Waals surface area contributed by atoms with Gasteiger partial charge in [-0.05, 0) is 41.8 Å². The average molecular weight is 329 g/mol. The van der Waals surface area contributed by atoms with Crippen LogP contribution in [-0.2, 0) is 30.0 Å². The third-order valence-electron chi connectivity index (χ3n) is 3.90. The molecule has 2 aromatic carbocycles. The average Bonchev–Trinajstić information content (AvgIpc) is 2.94. The lowest BCUT2D eigenvalue weighted by Crippen LogP contribution is -2.23. The molecule has 0 atom stereocenters. The zero-order chi connectivity index (χ0) is 16.4. The number of aromatic nitrogens is 2. The molecule has 6 heteroatoms. The van der Waals surface area contributed by atoms with E-state index in [9.17, 15) is 8.42 Å². The van der Waals surface area contributed by atoms with E-state index in [-0.39, 0.29) is 11.4 Å². The van der Waals surface area contributed by atoms with Crippen molar-refractivity contribution in [3.8, 4) is 0 Å². The first-order valence-corrected chi connectivity index (χ1v) is 8.96. The van der Waals surface area contributed by atoms with E-state index in [1.807, 2.05) is 48.9 Å². The van der Waals surface area contributed by atoms with Crippen molar-refractivity contribution in [3.63, 3.8) is 0 Å². The molecule has 23 heavy (non-hydrogen) atoms. The molecule has 1 N–H and O–H groups in total. The standard InChI is InChI=1S/C17H19N3O2S/c1-3-13-4-7-15(8-5-13)23(21,22)19-11-14-6-9-17-16(10-14)18-12-20(17)2/h4-10,12,19H,3,11H2,1-2H3. The van der Waals surface area contributed by atoms with Crippen molar-refractivity contribution in [2.45, 2.75) is 24.8 Å². The summed E-state index contributed by atoms with van der Waals surface area (Å²) in [6, 6.07) is 12.7. The van der Waals surface area contributed by atoms with Crippen molar-refractivity contribution in [1.29, 1.82) is 0 Å². The van der Waals surface area contributed by atoms with E-state index >= 15 is 0 Å². The Kier molecular flexibility index (Phi) is 4.19. The number of imidazole rings is 1. The fourth-order valence-electron chi connectivity index (χ4n) is 2.46. The number of hydrogen-bond acceptors (Lipinski definition) is 3. The molecular formula is C17H19N3O2S. The maximum atomic E-state index is 12.3. The molecule has 0 fully saturated rings. The van der Waals surface area contributed by atoms with E-state index in [1.54, 1.807) is 18.5 Å². The molecule has 0 aliphatic rings. The van der Waals surface area contributed by atoms with Gasteiger partial charge >= 0.3 is 0 Å². The smallest absolute Gasteiger partial charge is 0.240 e. The van der Waals surface area contributed by atoms with Gasteiger partial charge in [0.15, 0.2) is 0 Å². The van der Waals surface area contributed by atoms with Gasteiger partial charge in [-0.2, -0.15) is 0 Å². The van der Waals surface area contributed by atoms with Gasteiger partial charge in [-0.1, -0.05) is 25.1 Å². The lowest BCUT2D eigenvalue weighted by molar-refractivity contribution is 0.581. The van der Waals surface area contributed by atoms with Crippen LogP contribution in [0.15, 0.2) is 53.7 Å². The maximum Gasteiger partial charge on any atom is 0.240 e. The number of hydrogen-bond donors (Lipinski definition) is 1. The summed E-state index contributed by atoms with van der Waals surface area (Å²) in [5, 5.41) is 0. The van der Waals surface area contributed by atoms with Crippen molar-refractivity contribution in [1.82, 2.24) is 14.3 Å². The first-order chi connectivity index (χ1) is 11.0. The Hall–Kier alpha value is -2.18. The van der Waals surface area contributed by atoms with Crippen LogP contribution in [0.4, 0.5) is 0 Å². The van der Waals surface area contributed by atoms with E-state index < -0.39 is 10.0 Å². The highest BCUT2D eigenvalue weighted by molar-refractivity contribution is 7.89. The summed E-state index contributed by atoms with van der Waals surface area (Å²) in [7, 11) is -1.58. The summed E-state index contributed by atoms with van der Waals surface area (Å²) in [6.45, 7) is 2.28. The minimum atomic E-state index is -3.51. The Morgan fingerprint density at radius 2 is 1.78 bits per heavy atom. The van der Waals surface area contributed by atoms with E-state index in [4.69, 9.17) is 0 Å². The lowest BCUT2D eigenvalue weighted by atomic mass is 10.2. The second-order valence-electron chi connectivity index (χ2n) is 5.50. The van der Waals surface area contributed by atoms with Crippen LogP contribution < -0.4 is 4.72 Å². The Morgan fingerprint density at radius 3 is 2.48 bits per heavy atom. The highest BCUT2D eigenvalue weighted by Gasteiger charge is 2.13. The van der Waals surface area contributed by atoms with Crippen LogP contribution in [0.25, 0.3) is 11.0 Å². The molecule has 1 aromatic heterocycles. The fourth-order valence-corrected chi connectivity index (χ4v) is 3.48. The minimum absolute atomic E-state index is 0.240. The van der Waals surface area contributed by atoms with Crippen LogP contribution in [-0.4, -0.2) is 18.0 Å². The SMILES string of the molecule is CCc1ccc(S(=O)(=O)NCc2ccc3c(c2)ncn3C)cc1. The minimum Gasteiger partial charge on any atom is -0.334 e. The van der Waals surface area contributed by atoms with Gasteiger partial charge in [-0.3, -0.25) is 0 Å². The topological polar surface area (TPSA) is 64.0 Å². The van der Waals surface area contributed by atoms with Gasteiger partial charge < -0.3 is 4.57 Å². The molecule has 0 unspecified atom stereocenters. The molecule has 0 spiro atoms. The van der Waals surface area contributed by atoms with E-state index in [2.05, 4.69) is 9.71 Å². The number of benzene rings is 2. The third kappa shape index (κ3) is 3.28. The molecule has 0 saturated carbocycles. The summed E-state index contributed by atoms with van der Waals surface area (Å²) in [5.41, 5.74) is 3.87. The van der Waals surface area contributed by atoms with Crippen molar-refractivity contribution in [2.75, 3.05) is 0 Å². The molecule has 0 amide bonds. The maximum absolute atomic E-state index is 12.3. The lowest BCUT2D eigenvalue weighted by Gasteiger charge is -2.08. The first-order valence-electron chi connectivity index (χ1n) is 7.48. The van der Waals surface area contributed by atoms with Crippen molar-refractivity contribution in [2.24, 2.45) is 7.05 Å². The van der Waals surface area contributed by atoms with Crippen LogP contribution in [0, 0.1) is 0 Å². The molecule has 3 rings (SSSR count). The van der Waals surface area contributed by atoms with Crippen molar-refractivity contribution >= 4 is 21.1 Å². The zero-order valence-corrected chi connectivity index (χ0v) is 14.0. The molecule has 0 bridgehead atoms. The molecule has 0 aliphatic heterocycles. The van der Waals surface area contributed by atoms with Gasteiger partial charge in [0.2, 0.25) is 10.0 Å². The quantitative estimate of drug-likeness (QED) is 0.782. The van der Waals surface area contributed by atoms with Crippen LogP contribution in [0.1, 0.15) is 18.1 Å². The molecule has 3 aromatic rings. The molecule has 1 heterocycles.